The van der Waals surface area contributed by atoms with E-state index in [2.05, 4.69) is 10.3 Å². The van der Waals surface area contributed by atoms with Gasteiger partial charge in [-0.05, 0) is 36.4 Å². The van der Waals surface area contributed by atoms with Crippen molar-refractivity contribution in [3.8, 4) is 5.75 Å². The molecule has 2 amide bonds. The highest BCUT2D eigenvalue weighted by molar-refractivity contribution is 8.16. The standard InChI is InChI=1S/C24H21N3O3S/c1-30-20-15-9-8-14-19(20)26-22(28)16-21-23(29)27(18-12-6-3-7-13-18)24(31-21)25-17-10-4-2-5-11-17/h2-15,21H,16H2,1H3,(H,26,28)/t21-/m0/s1. The van der Waals surface area contributed by atoms with Crippen LogP contribution in [0.1, 0.15) is 6.42 Å². The summed E-state index contributed by atoms with van der Waals surface area (Å²) in [6.45, 7) is 0. The van der Waals surface area contributed by atoms with Gasteiger partial charge in [0.25, 0.3) is 0 Å². The number of methoxy groups -OCH3 is 1. The summed E-state index contributed by atoms with van der Waals surface area (Å²) in [5.74, 6) is 0.142. The summed E-state index contributed by atoms with van der Waals surface area (Å²) in [5.41, 5.74) is 2.05. The van der Waals surface area contributed by atoms with Gasteiger partial charge in [0.15, 0.2) is 5.17 Å². The molecule has 0 spiro atoms. The van der Waals surface area contributed by atoms with Crippen molar-refractivity contribution in [2.24, 2.45) is 4.99 Å². The third-order valence-corrected chi connectivity index (χ3v) is 5.82. The van der Waals surface area contributed by atoms with Gasteiger partial charge in [0.1, 0.15) is 11.0 Å². The summed E-state index contributed by atoms with van der Waals surface area (Å²) in [6.07, 6.45) is 0.0265. The number of aliphatic imine (C=N–C) groups is 1. The van der Waals surface area contributed by atoms with Crippen LogP contribution in [-0.2, 0) is 9.59 Å². The molecule has 0 aliphatic carbocycles. The molecule has 0 saturated carbocycles. The van der Waals surface area contributed by atoms with Crippen LogP contribution in [0.3, 0.4) is 0 Å². The van der Waals surface area contributed by atoms with Crippen molar-refractivity contribution in [1.82, 2.24) is 0 Å². The molecule has 1 saturated heterocycles. The van der Waals surface area contributed by atoms with Crippen molar-refractivity contribution < 1.29 is 14.3 Å². The second-order valence-corrected chi connectivity index (χ2v) is 7.97. The van der Waals surface area contributed by atoms with Crippen molar-refractivity contribution in [3.05, 3.63) is 84.9 Å². The topological polar surface area (TPSA) is 71.0 Å². The molecule has 1 atom stereocenters. The molecule has 3 aromatic carbocycles. The van der Waals surface area contributed by atoms with Crippen LogP contribution >= 0.6 is 11.8 Å². The molecule has 1 aliphatic heterocycles. The molecule has 7 heteroatoms. The minimum atomic E-state index is -0.572. The Morgan fingerprint density at radius 3 is 2.35 bits per heavy atom. The zero-order valence-corrected chi connectivity index (χ0v) is 17.7. The van der Waals surface area contributed by atoms with E-state index in [1.807, 2.05) is 72.8 Å². The first-order chi connectivity index (χ1) is 15.2. The molecule has 1 aliphatic rings. The summed E-state index contributed by atoms with van der Waals surface area (Å²) in [4.78, 5) is 32.2. The van der Waals surface area contributed by atoms with Gasteiger partial charge in [-0.1, -0.05) is 60.3 Å². The summed E-state index contributed by atoms with van der Waals surface area (Å²) < 4.78 is 5.28. The van der Waals surface area contributed by atoms with Crippen molar-refractivity contribution in [2.75, 3.05) is 17.3 Å². The lowest BCUT2D eigenvalue weighted by molar-refractivity contribution is -0.121. The smallest absolute Gasteiger partial charge is 0.247 e. The average molecular weight is 432 g/mol. The Kier molecular flexibility index (Phi) is 6.33. The van der Waals surface area contributed by atoms with E-state index in [0.717, 1.165) is 11.4 Å². The molecule has 1 N–H and O–H groups in total. The van der Waals surface area contributed by atoms with E-state index < -0.39 is 5.25 Å². The molecule has 0 unspecified atom stereocenters. The van der Waals surface area contributed by atoms with E-state index in [-0.39, 0.29) is 18.2 Å². The third kappa shape index (κ3) is 4.78. The first-order valence-electron chi connectivity index (χ1n) is 9.78. The molecule has 6 nitrogen and oxygen atoms in total. The molecule has 3 aromatic rings. The number of benzene rings is 3. The summed E-state index contributed by atoms with van der Waals surface area (Å²) >= 11 is 1.30. The number of ether oxygens (including phenoxy) is 1. The average Bonchev–Trinajstić information content (AvgIpc) is 3.09. The Morgan fingerprint density at radius 1 is 1.00 bits per heavy atom. The van der Waals surface area contributed by atoms with Gasteiger partial charge in [0.2, 0.25) is 11.8 Å². The summed E-state index contributed by atoms with van der Waals surface area (Å²) in [5, 5.41) is 2.82. The number of nitrogens with zero attached hydrogens (tertiary/aromatic N) is 2. The molecular formula is C24H21N3O3S. The van der Waals surface area contributed by atoms with Crippen molar-refractivity contribution >= 4 is 45.8 Å². The largest absolute Gasteiger partial charge is 0.495 e. The van der Waals surface area contributed by atoms with Crippen LogP contribution in [0, 0.1) is 0 Å². The molecule has 1 heterocycles. The van der Waals surface area contributed by atoms with Gasteiger partial charge in [-0.15, -0.1) is 0 Å². The maximum atomic E-state index is 13.2. The summed E-state index contributed by atoms with van der Waals surface area (Å²) in [6, 6.07) is 26.0. The number of rotatable bonds is 6. The van der Waals surface area contributed by atoms with Crippen LogP contribution in [0.25, 0.3) is 0 Å². The number of hydrogen-bond acceptors (Lipinski definition) is 5. The van der Waals surface area contributed by atoms with E-state index in [4.69, 9.17) is 4.74 Å². The van der Waals surface area contributed by atoms with Gasteiger partial charge in [-0.3, -0.25) is 14.5 Å². The van der Waals surface area contributed by atoms with E-state index in [1.165, 1.54) is 11.8 Å². The first kappa shape index (κ1) is 20.7. The predicted octanol–water partition coefficient (Wildman–Crippen LogP) is 4.86. The zero-order chi connectivity index (χ0) is 21.6. The minimum Gasteiger partial charge on any atom is -0.495 e. The first-order valence-corrected chi connectivity index (χ1v) is 10.7. The Hall–Kier alpha value is -3.58. The fourth-order valence-corrected chi connectivity index (χ4v) is 4.37. The Bertz CT molecular complexity index is 1100. The summed E-state index contributed by atoms with van der Waals surface area (Å²) in [7, 11) is 1.55. The van der Waals surface area contributed by atoms with E-state index in [0.29, 0.717) is 16.6 Å². The molecule has 0 radical (unpaired) electrons. The number of carbonyl (C=O) groups excluding carboxylic acids is 2. The highest BCUT2D eigenvalue weighted by Gasteiger charge is 2.40. The number of amidine groups is 1. The van der Waals surface area contributed by atoms with Crippen LogP contribution in [0.4, 0.5) is 17.1 Å². The van der Waals surface area contributed by atoms with Crippen molar-refractivity contribution in [1.29, 1.82) is 0 Å². The van der Waals surface area contributed by atoms with Crippen molar-refractivity contribution in [2.45, 2.75) is 11.7 Å². The van der Waals surface area contributed by atoms with Crippen LogP contribution < -0.4 is 15.0 Å². The van der Waals surface area contributed by atoms with Crippen LogP contribution in [-0.4, -0.2) is 29.3 Å². The number of hydrogen-bond donors (Lipinski definition) is 1. The second-order valence-electron chi connectivity index (χ2n) is 6.80. The van der Waals surface area contributed by atoms with Gasteiger partial charge in [-0.25, -0.2) is 4.99 Å². The molecule has 0 aromatic heterocycles. The van der Waals surface area contributed by atoms with E-state index in [9.17, 15) is 9.59 Å². The number of carbonyl (C=O) groups is 2. The van der Waals surface area contributed by atoms with Crippen LogP contribution in [0.5, 0.6) is 5.75 Å². The quantitative estimate of drug-likeness (QED) is 0.605. The number of para-hydroxylation sites is 4. The van der Waals surface area contributed by atoms with E-state index in [1.54, 1.807) is 24.1 Å². The lowest BCUT2D eigenvalue weighted by Crippen LogP contribution is -2.33. The van der Waals surface area contributed by atoms with Gasteiger partial charge in [-0.2, -0.15) is 0 Å². The van der Waals surface area contributed by atoms with Crippen LogP contribution in [0.2, 0.25) is 0 Å². The molecule has 0 bridgehead atoms. The highest BCUT2D eigenvalue weighted by Crippen LogP contribution is 2.35. The molecular weight excluding hydrogens is 410 g/mol. The minimum absolute atomic E-state index is 0.0265. The second kappa shape index (κ2) is 9.49. The SMILES string of the molecule is COc1ccccc1NC(=O)C[C@@H]1SC(=Nc2ccccc2)N(c2ccccc2)C1=O. The lowest BCUT2D eigenvalue weighted by atomic mass is 10.2. The Morgan fingerprint density at radius 2 is 1.65 bits per heavy atom. The van der Waals surface area contributed by atoms with Gasteiger partial charge >= 0.3 is 0 Å². The van der Waals surface area contributed by atoms with Crippen LogP contribution in [0.15, 0.2) is 89.9 Å². The predicted molar refractivity (Wildman–Crippen MR) is 125 cm³/mol. The maximum Gasteiger partial charge on any atom is 0.247 e. The van der Waals surface area contributed by atoms with Crippen molar-refractivity contribution in [3.63, 3.8) is 0 Å². The molecule has 1 fully saturated rings. The Balaban J connectivity index is 1.57. The normalized spacial score (nSPS) is 17.1. The molecule has 31 heavy (non-hydrogen) atoms. The molecule has 156 valence electrons. The fourth-order valence-electron chi connectivity index (χ4n) is 3.22. The molecule has 4 rings (SSSR count). The Labute approximate surface area is 184 Å². The van der Waals surface area contributed by atoms with Gasteiger partial charge in [0, 0.05) is 6.42 Å². The van der Waals surface area contributed by atoms with Gasteiger partial charge < -0.3 is 10.1 Å². The number of anilines is 2. The number of thioether (sulfide) groups is 1. The number of nitrogens with one attached hydrogen (secondary N) is 1. The van der Waals surface area contributed by atoms with Gasteiger partial charge in [0.05, 0.1) is 24.2 Å². The maximum absolute atomic E-state index is 13.2. The fraction of sp³-hybridized carbons (Fsp3) is 0.125. The highest BCUT2D eigenvalue weighted by atomic mass is 32.2. The lowest BCUT2D eigenvalue weighted by Gasteiger charge is -2.16. The zero-order valence-electron chi connectivity index (χ0n) is 16.9. The number of amides is 2. The monoisotopic (exact) mass is 431 g/mol. The van der Waals surface area contributed by atoms with E-state index >= 15 is 0 Å². The third-order valence-electron chi connectivity index (χ3n) is 4.68.